The first-order chi connectivity index (χ1) is 8.47. The highest BCUT2D eigenvalue weighted by Crippen LogP contribution is 2.32. The highest BCUT2D eigenvalue weighted by atomic mass is 32.1. The molecule has 0 atom stereocenters. The lowest BCUT2D eigenvalue weighted by Gasteiger charge is -2.31. The molecule has 1 aromatic rings. The van der Waals surface area contributed by atoms with Crippen LogP contribution >= 0.6 is 11.3 Å². The summed E-state index contributed by atoms with van der Waals surface area (Å²) in [5.41, 5.74) is 0. The predicted octanol–water partition coefficient (Wildman–Crippen LogP) is 2.35. The molecular weight excluding hydrogens is 263 g/mol. The number of rotatable bonds is 3. The third kappa shape index (κ3) is 3.43. The third-order valence-electron chi connectivity index (χ3n) is 3.13. The first-order valence-corrected chi connectivity index (χ1v) is 6.71. The maximum absolute atomic E-state index is 12.4. The van der Waals surface area contributed by atoms with Gasteiger partial charge in [0.2, 0.25) is 0 Å². The van der Waals surface area contributed by atoms with Crippen molar-refractivity contribution in [2.45, 2.75) is 31.6 Å². The van der Waals surface area contributed by atoms with Crippen LogP contribution in [0.1, 0.15) is 22.7 Å². The zero-order valence-electron chi connectivity index (χ0n) is 10.1. The highest BCUT2D eigenvalue weighted by Gasteiger charge is 2.34. The molecule has 1 N–H and O–H groups in total. The van der Waals surface area contributed by atoms with E-state index in [1.807, 2.05) is 7.05 Å². The van der Waals surface area contributed by atoms with Gasteiger partial charge in [-0.3, -0.25) is 4.90 Å². The smallest absolute Gasteiger partial charge is 0.317 e. The molecule has 2 rings (SSSR count). The highest BCUT2D eigenvalue weighted by molar-refractivity contribution is 7.11. The van der Waals surface area contributed by atoms with Crippen LogP contribution in [0.25, 0.3) is 0 Å². The molecule has 102 valence electrons. The quantitative estimate of drug-likeness (QED) is 0.920. The topological polar surface area (TPSA) is 28.2 Å². The fraction of sp³-hybridized carbons (Fsp3) is 0.727. The molecule has 3 nitrogen and oxygen atoms in total. The van der Waals surface area contributed by atoms with E-state index >= 15 is 0 Å². The Morgan fingerprint density at radius 2 is 2.11 bits per heavy atom. The van der Waals surface area contributed by atoms with Gasteiger partial charge in [0.05, 0.1) is 0 Å². The lowest BCUT2D eigenvalue weighted by molar-refractivity contribution is -0.137. The second-order valence-electron chi connectivity index (χ2n) is 4.53. The van der Waals surface area contributed by atoms with E-state index in [1.165, 1.54) is 6.20 Å². The van der Waals surface area contributed by atoms with Gasteiger partial charge >= 0.3 is 6.18 Å². The van der Waals surface area contributed by atoms with E-state index in [9.17, 15) is 13.2 Å². The van der Waals surface area contributed by atoms with Crippen LogP contribution in [0, 0.1) is 0 Å². The molecule has 0 aliphatic carbocycles. The van der Waals surface area contributed by atoms with Crippen molar-refractivity contribution in [1.82, 2.24) is 15.2 Å². The van der Waals surface area contributed by atoms with Crippen LogP contribution in [-0.4, -0.2) is 36.1 Å². The van der Waals surface area contributed by atoms with Gasteiger partial charge in [-0.1, -0.05) is 0 Å². The number of nitrogens with zero attached hydrogens (tertiary/aromatic N) is 2. The Kier molecular flexibility index (Phi) is 4.24. The Morgan fingerprint density at radius 3 is 2.67 bits per heavy atom. The summed E-state index contributed by atoms with van der Waals surface area (Å²) >= 11 is 0.739. The molecular formula is C11H16F3N3S. The second-order valence-corrected chi connectivity index (χ2v) is 5.64. The summed E-state index contributed by atoms with van der Waals surface area (Å²) in [6, 6.07) is 0.447. The van der Waals surface area contributed by atoms with Gasteiger partial charge in [0, 0.05) is 23.7 Å². The number of nitrogens with one attached hydrogen (secondary N) is 1. The number of hydrogen-bond donors (Lipinski definition) is 1. The summed E-state index contributed by atoms with van der Waals surface area (Å²) in [6.07, 6.45) is -0.899. The van der Waals surface area contributed by atoms with Gasteiger partial charge in [0.25, 0.3) is 0 Å². The second kappa shape index (κ2) is 5.54. The number of halogens is 3. The van der Waals surface area contributed by atoms with Crippen LogP contribution < -0.4 is 5.32 Å². The monoisotopic (exact) mass is 279 g/mol. The molecule has 0 unspecified atom stereocenters. The van der Waals surface area contributed by atoms with Crippen molar-refractivity contribution < 1.29 is 13.2 Å². The summed E-state index contributed by atoms with van der Waals surface area (Å²) in [5.74, 6) is 0. The normalized spacial score (nSPS) is 18.5. The van der Waals surface area contributed by atoms with Crippen molar-refractivity contribution in [2.75, 3.05) is 20.1 Å². The maximum Gasteiger partial charge on any atom is 0.443 e. The number of alkyl halides is 3. The average Bonchev–Trinajstić information content (AvgIpc) is 2.78. The van der Waals surface area contributed by atoms with Gasteiger partial charge in [0.15, 0.2) is 5.01 Å². The largest absolute Gasteiger partial charge is 0.443 e. The minimum Gasteiger partial charge on any atom is -0.317 e. The SMILES string of the molecule is CN(Cc1cnc(C(F)(F)F)s1)C1CCNCC1. The zero-order valence-corrected chi connectivity index (χ0v) is 10.9. The van der Waals surface area contributed by atoms with E-state index in [0.717, 1.165) is 37.3 Å². The van der Waals surface area contributed by atoms with E-state index < -0.39 is 11.2 Å². The first kappa shape index (κ1) is 13.8. The lowest BCUT2D eigenvalue weighted by Crippen LogP contribution is -2.40. The standard InChI is InChI=1S/C11H16F3N3S/c1-17(8-2-4-15-5-3-8)7-9-6-16-10(18-9)11(12,13)14/h6,8,15H,2-5,7H2,1H3. The van der Waals surface area contributed by atoms with Gasteiger partial charge in [-0.05, 0) is 33.0 Å². The molecule has 1 fully saturated rings. The van der Waals surface area contributed by atoms with Crippen molar-refractivity contribution in [3.8, 4) is 0 Å². The van der Waals surface area contributed by atoms with Crippen molar-refractivity contribution in [1.29, 1.82) is 0 Å². The molecule has 0 amide bonds. The van der Waals surface area contributed by atoms with E-state index in [0.29, 0.717) is 17.5 Å². The van der Waals surface area contributed by atoms with Crippen molar-refractivity contribution in [3.63, 3.8) is 0 Å². The van der Waals surface area contributed by atoms with Crippen LogP contribution in [0.2, 0.25) is 0 Å². The third-order valence-corrected chi connectivity index (χ3v) is 4.16. The van der Waals surface area contributed by atoms with Gasteiger partial charge in [0.1, 0.15) is 0 Å². The van der Waals surface area contributed by atoms with E-state index in [-0.39, 0.29) is 0 Å². The fourth-order valence-electron chi connectivity index (χ4n) is 2.13. The Hall–Kier alpha value is -0.660. The van der Waals surface area contributed by atoms with Gasteiger partial charge in [-0.2, -0.15) is 13.2 Å². The Morgan fingerprint density at radius 1 is 1.44 bits per heavy atom. The van der Waals surface area contributed by atoms with E-state index in [1.54, 1.807) is 0 Å². The minimum atomic E-state index is -4.32. The molecule has 0 aromatic carbocycles. The summed E-state index contributed by atoms with van der Waals surface area (Å²) in [6.45, 7) is 2.50. The number of aromatic nitrogens is 1. The molecule has 18 heavy (non-hydrogen) atoms. The summed E-state index contributed by atoms with van der Waals surface area (Å²) in [7, 11) is 1.96. The maximum atomic E-state index is 12.4. The molecule has 1 aliphatic rings. The van der Waals surface area contributed by atoms with Crippen LogP contribution in [0.5, 0.6) is 0 Å². The van der Waals surface area contributed by atoms with Crippen molar-refractivity contribution in [2.24, 2.45) is 0 Å². The molecule has 2 heterocycles. The van der Waals surface area contributed by atoms with Gasteiger partial charge in [-0.25, -0.2) is 4.98 Å². The lowest BCUT2D eigenvalue weighted by atomic mass is 10.1. The molecule has 1 saturated heterocycles. The molecule has 0 radical (unpaired) electrons. The van der Waals surface area contributed by atoms with Crippen LogP contribution in [0.4, 0.5) is 13.2 Å². The Labute approximate surface area is 108 Å². The molecule has 0 bridgehead atoms. The number of thiazole rings is 1. The first-order valence-electron chi connectivity index (χ1n) is 5.89. The predicted molar refractivity (Wildman–Crippen MR) is 64.5 cm³/mol. The molecule has 7 heteroatoms. The molecule has 1 aromatic heterocycles. The van der Waals surface area contributed by atoms with Crippen LogP contribution in [0.3, 0.4) is 0 Å². The van der Waals surface area contributed by atoms with Crippen molar-refractivity contribution in [3.05, 3.63) is 16.1 Å². The number of piperidine rings is 1. The Balaban J connectivity index is 1.94. The zero-order chi connectivity index (χ0) is 13.2. The molecule has 1 aliphatic heterocycles. The Bertz CT molecular complexity index is 385. The van der Waals surface area contributed by atoms with E-state index in [2.05, 4.69) is 15.2 Å². The van der Waals surface area contributed by atoms with E-state index in [4.69, 9.17) is 0 Å². The molecule has 0 spiro atoms. The fourth-order valence-corrected chi connectivity index (χ4v) is 2.98. The van der Waals surface area contributed by atoms with Crippen LogP contribution in [-0.2, 0) is 12.7 Å². The summed E-state index contributed by atoms with van der Waals surface area (Å²) in [5, 5.41) is 2.52. The number of hydrogen-bond acceptors (Lipinski definition) is 4. The van der Waals surface area contributed by atoms with Crippen molar-refractivity contribution >= 4 is 11.3 Å². The van der Waals surface area contributed by atoms with Crippen LogP contribution in [0.15, 0.2) is 6.20 Å². The van der Waals surface area contributed by atoms with Gasteiger partial charge < -0.3 is 5.32 Å². The summed E-state index contributed by atoms with van der Waals surface area (Å²) in [4.78, 5) is 6.23. The van der Waals surface area contributed by atoms with Gasteiger partial charge in [-0.15, -0.1) is 11.3 Å². The molecule has 0 saturated carbocycles. The summed E-state index contributed by atoms with van der Waals surface area (Å²) < 4.78 is 37.3. The minimum absolute atomic E-state index is 0.447. The average molecular weight is 279 g/mol.